The largest absolute Gasteiger partial charge is 0.467 e. The van der Waals surface area contributed by atoms with E-state index >= 15 is 0 Å². The average molecular weight is 311 g/mol. The predicted molar refractivity (Wildman–Crippen MR) is 88.1 cm³/mol. The number of esters is 1. The van der Waals surface area contributed by atoms with Crippen LogP contribution in [0.3, 0.4) is 0 Å². The van der Waals surface area contributed by atoms with Crippen molar-refractivity contribution in [3.63, 3.8) is 0 Å². The molecule has 0 aliphatic carbocycles. The minimum atomic E-state index is -0.943. The minimum Gasteiger partial charge on any atom is -0.467 e. The molecule has 0 aromatic heterocycles. The van der Waals surface area contributed by atoms with Crippen molar-refractivity contribution >= 4 is 5.97 Å². The molecular formula is C19H21NO3. The highest BCUT2D eigenvalue weighted by Gasteiger charge is 2.48. The lowest BCUT2D eigenvalue weighted by Crippen LogP contribution is -2.57. The molecule has 1 saturated heterocycles. The van der Waals surface area contributed by atoms with Gasteiger partial charge in [-0.2, -0.15) is 0 Å². The molecule has 23 heavy (non-hydrogen) atoms. The molecule has 120 valence electrons. The van der Waals surface area contributed by atoms with Gasteiger partial charge in [-0.15, -0.1) is 0 Å². The third-order valence-electron chi connectivity index (χ3n) is 4.35. The molecule has 4 nitrogen and oxygen atoms in total. The van der Waals surface area contributed by atoms with Gasteiger partial charge in [0.1, 0.15) is 0 Å². The lowest BCUT2D eigenvalue weighted by atomic mass is 9.80. The molecule has 0 atom stereocenters. The van der Waals surface area contributed by atoms with Crippen molar-refractivity contribution in [2.75, 3.05) is 33.4 Å². The second-order valence-corrected chi connectivity index (χ2v) is 5.53. The number of morpholine rings is 1. The van der Waals surface area contributed by atoms with Gasteiger partial charge in [0.15, 0.2) is 5.54 Å². The summed E-state index contributed by atoms with van der Waals surface area (Å²) < 4.78 is 10.7. The van der Waals surface area contributed by atoms with Crippen molar-refractivity contribution in [1.82, 2.24) is 4.90 Å². The van der Waals surface area contributed by atoms with Gasteiger partial charge in [-0.3, -0.25) is 4.90 Å². The first-order valence-corrected chi connectivity index (χ1v) is 7.82. The van der Waals surface area contributed by atoms with Crippen molar-refractivity contribution in [2.24, 2.45) is 0 Å². The van der Waals surface area contributed by atoms with E-state index in [1.807, 2.05) is 60.7 Å². The Morgan fingerprint density at radius 3 is 1.87 bits per heavy atom. The van der Waals surface area contributed by atoms with Crippen LogP contribution in [0, 0.1) is 0 Å². The number of ether oxygens (including phenoxy) is 2. The standard InChI is InChI=1S/C19H21NO3/c1-22-18(21)19(16-8-4-2-5-9-16,17-10-6-3-7-11-17)20-12-14-23-15-13-20/h2-11H,12-15H2,1H3. The van der Waals surface area contributed by atoms with Gasteiger partial charge < -0.3 is 9.47 Å². The van der Waals surface area contributed by atoms with Crippen LogP contribution in [0.2, 0.25) is 0 Å². The lowest BCUT2D eigenvalue weighted by Gasteiger charge is -2.44. The normalized spacial score (nSPS) is 16.0. The third kappa shape index (κ3) is 2.76. The van der Waals surface area contributed by atoms with E-state index in [9.17, 15) is 4.79 Å². The van der Waals surface area contributed by atoms with Gasteiger partial charge in [-0.05, 0) is 11.1 Å². The summed E-state index contributed by atoms with van der Waals surface area (Å²) in [7, 11) is 1.45. The summed E-state index contributed by atoms with van der Waals surface area (Å²) in [6.07, 6.45) is 0. The zero-order chi connectivity index (χ0) is 16.1. The second kappa shape index (κ2) is 6.94. The van der Waals surface area contributed by atoms with Crippen LogP contribution in [0.1, 0.15) is 11.1 Å². The Morgan fingerprint density at radius 2 is 1.43 bits per heavy atom. The second-order valence-electron chi connectivity index (χ2n) is 5.53. The molecule has 1 heterocycles. The van der Waals surface area contributed by atoms with Crippen molar-refractivity contribution in [3.8, 4) is 0 Å². The molecule has 3 rings (SSSR count). The maximum absolute atomic E-state index is 13.0. The topological polar surface area (TPSA) is 38.8 Å². The van der Waals surface area contributed by atoms with Crippen LogP contribution in [-0.4, -0.2) is 44.3 Å². The molecule has 0 bridgehead atoms. The molecular weight excluding hydrogens is 290 g/mol. The first-order chi connectivity index (χ1) is 11.3. The number of carbonyl (C=O) groups is 1. The van der Waals surface area contributed by atoms with Crippen LogP contribution in [0.15, 0.2) is 60.7 Å². The highest BCUT2D eigenvalue weighted by atomic mass is 16.5. The zero-order valence-corrected chi connectivity index (χ0v) is 13.3. The smallest absolute Gasteiger partial charge is 0.335 e. The van der Waals surface area contributed by atoms with E-state index in [0.29, 0.717) is 26.3 Å². The van der Waals surface area contributed by atoms with Crippen molar-refractivity contribution in [2.45, 2.75) is 5.54 Å². The number of methoxy groups -OCH3 is 1. The van der Waals surface area contributed by atoms with Crippen molar-refractivity contribution < 1.29 is 14.3 Å². The van der Waals surface area contributed by atoms with E-state index in [2.05, 4.69) is 4.90 Å². The molecule has 2 aromatic carbocycles. The van der Waals surface area contributed by atoms with Gasteiger partial charge in [0.05, 0.1) is 20.3 Å². The summed E-state index contributed by atoms with van der Waals surface area (Å²) in [6, 6.07) is 19.7. The Bertz CT molecular complexity index is 597. The van der Waals surface area contributed by atoms with Crippen LogP contribution in [-0.2, 0) is 19.8 Å². The molecule has 0 amide bonds. The van der Waals surface area contributed by atoms with Gasteiger partial charge in [0.2, 0.25) is 0 Å². The Labute approximate surface area is 136 Å². The van der Waals surface area contributed by atoms with E-state index in [1.54, 1.807) is 0 Å². The molecule has 0 N–H and O–H groups in total. The Morgan fingerprint density at radius 1 is 0.957 bits per heavy atom. The highest BCUT2D eigenvalue weighted by Crippen LogP contribution is 2.37. The van der Waals surface area contributed by atoms with Gasteiger partial charge in [0.25, 0.3) is 0 Å². The van der Waals surface area contributed by atoms with Crippen molar-refractivity contribution in [1.29, 1.82) is 0 Å². The Balaban J connectivity index is 2.23. The highest BCUT2D eigenvalue weighted by molar-refractivity contribution is 5.87. The first-order valence-electron chi connectivity index (χ1n) is 7.82. The molecule has 4 heteroatoms. The molecule has 1 aliphatic rings. The number of hydrogen-bond donors (Lipinski definition) is 0. The quantitative estimate of drug-likeness (QED) is 0.813. The molecule has 1 aliphatic heterocycles. The number of rotatable bonds is 4. The molecule has 0 unspecified atom stereocenters. The summed E-state index contributed by atoms with van der Waals surface area (Å²) in [4.78, 5) is 15.2. The minimum absolute atomic E-state index is 0.267. The number of nitrogens with zero attached hydrogens (tertiary/aromatic N) is 1. The van der Waals surface area contributed by atoms with E-state index in [0.717, 1.165) is 11.1 Å². The molecule has 0 spiro atoms. The summed E-state index contributed by atoms with van der Waals surface area (Å²) >= 11 is 0. The Hall–Kier alpha value is -2.17. The SMILES string of the molecule is COC(=O)C(c1ccccc1)(c1ccccc1)N1CCOCC1. The predicted octanol–water partition coefficient (Wildman–Crippen LogP) is 2.44. The van der Waals surface area contributed by atoms with E-state index in [4.69, 9.17) is 9.47 Å². The van der Waals surface area contributed by atoms with Gasteiger partial charge in [-0.25, -0.2) is 4.79 Å². The Kier molecular flexibility index (Phi) is 4.74. The summed E-state index contributed by atoms with van der Waals surface area (Å²) in [5, 5.41) is 0. The maximum Gasteiger partial charge on any atom is 0.335 e. The number of hydrogen-bond acceptors (Lipinski definition) is 4. The first kappa shape index (κ1) is 15.7. The summed E-state index contributed by atoms with van der Waals surface area (Å²) in [5.74, 6) is -0.267. The zero-order valence-electron chi connectivity index (χ0n) is 13.3. The summed E-state index contributed by atoms with van der Waals surface area (Å²) in [5.41, 5.74) is 0.890. The fraction of sp³-hybridized carbons (Fsp3) is 0.316. The molecule has 1 fully saturated rings. The van der Waals surface area contributed by atoms with Crippen LogP contribution in [0.25, 0.3) is 0 Å². The van der Waals surface area contributed by atoms with Crippen LogP contribution in [0.4, 0.5) is 0 Å². The van der Waals surface area contributed by atoms with Gasteiger partial charge >= 0.3 is 5.97 Å². The average Bonchev–Trinajstić information content (AvgIpc) is 2.65. The molecule has 0 radical (unpaired) electrons. The summed E-state index contributed by atoms with van der Waals surface area (Å²) in [6.45, 7) is 2.58. The number of benzene rings is 2. The van der Waals surface area contributed by atoms with E-state index < -0.39 is 5.54 Å². The molecule has 2 aromatic rings. The fourth-order valence-electron chi connectivity index (χ4n) is 3.30. The van der Waals surface area contributed by atoms with Crippen LogP contribution < -0.4 is 0 Å². The molecule has 0 saturated carbocycles. The van der Waals surface area contributed by atoms with E-state index in [1.165, 1.54) is 7.11 Å². The third-order valence-corrected chi connectivity index (χ3v) is 4.35. The van der Waals surface area contributed by atoms with E-state index in [-0.39, 0.29) is 5.97 Å². The number of carbonyl (C=O) groups excluding carboxylic acids is 1. The monoisotopic (exact) mass is 311 g/mol. The van der Waals surface area contributed by atoms with Gasteiger partial charge in [-0.1, -0.05) is 60.7 Å². The van der Waals surface area contributed by atoms with Crippen molar-refractivity contribution in [3.05, 3.63) is 71.8 Å². The van der Waals surface area contributed by atoms with Crippen LogP contribution in [0.5, 0.6) is 0 Å². The maximum atomic E-state index is 13.0. The fourth-order valence-corrected chi connectivity index (χ4v) is 3.30. The van der Waals surface area contributed by atoms with Crippen LogP contribution >= 0.6 is 0 Å². The van der Waals surface area contributed by atoms with Gasteiger partial charge in [0, 0.05) is 13.1 Å². The lowest BCUT2D eigenvalue weighted by molar-refractivity contribution is -0.156.